The molecule has 0 aromatic heterocycles. The lowest BCUT2D eigenvalue weighted by molar-refractivity contribution is -0.152. The molecule has 0 aliphatic carbocycles. The van der Waals surface area contributed by atoms with Crippen LogP contribution in [0.3, 0.4) is 0 Å². The summed E-state index contributed by atoms with van der Waals surface area (Å²) in [7, 11) is 0. The smallest absolute Gasteiger partial charge is 0.305 e. The van der Waals surface area contributed by atoms with Gasteiger partial charge in [-0.1, -0.05) is 6.92 Å². The molecule has 70 valence electrons. The van der Waals surface area contributed by atoms with Gasteiger partial charge in [-0.2, -0.15) is 12.6 Å². The standard InChI is InChI=1S/C7H12O4S/c1-2-7(9)11-6(4-12)3-10-5-8/h5-6,12H,2-4H2,1H3/t6-/m1/s1. The number of esters is 1. The van der Waals surface area contributed by atoms with Crippen LogP contribution in [-0.4, -0.2) is 30.9 Å². The van der Waals surface area contributed by atoms with Crippen LogP contribution >= 0.6 is 12.6 Å². The highest BCUT2D eigenvalue weighted by Crippen LogP contribution is 1.98. The fraction of sp³-hybridized carbons (Fsp3) is 0.714. The fourth-order valence-corrected chi connectivity index (χ4v) is 0.720. The number of hydrogen-bond donors (Lipinski definition) is 1. The minimum absolute atomic E-state index is 0.0682. The molecule has 0 saturated heterocycles. The lowest BCUT2D eigenvalue weighted by Crippen LogP contribution is -2.24. The summed E-state index contributed by atoms with van der Waals surface area (Å²) in [5.74, 6) is 0.0306. The third kappa shape index (κ3) is 5.01. The molecule has 4 nitrogen and oxygen atoms in total. The van der Waals surface area contributed by atoms with Gasteiger partial charge in [0.25, 0.3) is 6.47 Å². The Morgan fingerprint density at radius 1 is 1.67 bits per heavy atom. The van der Waals surface area contributed by atoms with Crippen molar-refractivity contribution in [2.24, 2.45) is 0 Å². The van der Waals surface area contributed by atoms with Crippen molar-refractivity contribution in [3.05, 3.63) is 0 Å². The Bertz CT molecular complexity index is 148. The monoisotopic (exact) mass is 192 g/mol. The zero-order chi connectivity index (χ0) is 9.40. The SMILES string of the molecule is CCC(=O)O[C@@H](CS)COC=O. The summed E-state index contributed by atoms with van der Waals surface area (Å²) in [6, 6.07) is 0. The Kier molecular flexibility index (Phi) is 6.55. The van der Waals surface area contributed by atoms with Crippen molar-refractivity contribution in [3.8, 4) is 0 Å². The van der Waals surface area contributed by atoms with Gasteiger partial charge in [0, 0.05) is 12.2 Å². The molecule has 12 heavy (non-hydrogen) atoms. The Morgan fingerprint density at radius 3 is 2.75 bits per heavy atom. The third-order valence-electron chi connectivity index (χ3n) is 1.14. The van der Waals surface area contributed by atoms with E-state index in [4.69, 9.17) is 4.74 Å². The summed E-state index contributed by atoms with van der Waals surface area (Å²) in [5.41, 5.74) is 0. The molecule has 1 atom stereocenters. The predicted octanol–water partition coefficient (Wildman–Crippen LogP) is 0.411. The van der Waals surface area contributed by atoms with Crippen molar-refractivity contribution in [1.82, 2.24) is 0 Å². The van der Waals surface area contributed by atoms with Crippen molar-refractivity contribution >= 4 is 25.1 Å². The van der Waals surface area contributed by atoms with E-state index in [0.29, 0.717) is 18.6 Å². The van der Waals surface area contributed by atoms with E-state index in [9.17, 15) is 9.59 Å². The van der Waals surface area contributed by atoms with Gasteiger partial charge in [0.15, 0.2) is 0 Å². The van der Waals surface area contributed by atoms with Crippen molar-refractivity contribution in [1.29, 1.82) is 0 Å². The van der Waals surface area contributed by atoms with Crippen LogP contribution in [0, 0.1) is 0 Å². The lowest BCUT2D eigenvalue weighted by Gasteiger charge is -2.13. The molecule has 0 unspecified atom stereocenters. The summed E-state index contributed by atoms with van der Waals surface area (Å²) >= 11 is 3.93. The van der Waals surface area contributed by atoms with Gasteiger partial charge >= 0.3 is 5.97 Å². The first-order valence-electron chi connectivity index (χ1n) is 3.60. The molecule has 0 aliphatic heterocycles. The van der Waals surface area contributed by atoms with Crippen LogP contribution in [0.4, 0.5) is 0 Å². The predicted molar refractivity (Wildman–Crippen MR) is 46.0 cm³/mol. The normalized spacial score (nSPS) is 11.8. The second-order valence-corrected chi connectivity index (χ2v) is 2.44. The van der Waals surface area contributed by atoms with Gasteiger partial charge in [0.1, 0.15) is 12.7 Å². The fourth-order valence-electron chi connectivity index (χ4n) is 0.540. The highest BCUT2D eigenvalue weighted by atomic mass is 32.1. The van der Waals surface area contributed by atoms with Gasteiger partial charge in [-0.05, 0) is 0 Å². The molecule has 0 heterocycles. The van der Waals surface area contributed by atoms with Crippen LogP contribution in [-0.2, 0) is 19.1 Å². The molecular weight excluding hydrogens is 180 g/mol. The molecule has 0 N–H and O–H groups in total. The van der Waals surface area contributed by atoms with Gasteiger partial charge in [0.2, 0.25) is 0 Å². The number of thiol groups is 1. The molecule has 0 bridgehead atoms. The summed E-state index contributed by atoms with van der Waals surface area (Å²) in [6.07, 6.45) is -0.128. The molecule has 0 amide bonds. The minimum atomic E-state index is -0.439. The van der Waals surface area contributed by atoms with Crippen LogP contribution in [0.25, 0.3) is 0 Å². The highest BCUT2D eigenvalue weighted by molar-refractivity contribution is 7.80. The lowest BCUT2D eigenvalue weighted by atomic mass is 10.4. The quantitative estimate of drug-likeness (QED) is 0.376. The Balaban J connectivity index is 3.66. The Labute approximate surface area is 76.6 Å². The molecule has 0 radical (unpaired) electrons. The summed E-state index contributed by atoms with van der Waals surface area (Å²) in [4.78, 5) is 20.5. The van der Waals surface area contributed by atoms with Gasteiger partial charge in [-0.15, -0.1) is 0 Å². The molecule has 0 fully saturated rings. The Morgan fingerprint density at radius 2 is 2.33 bits per heavy atom. The number of rotatable bonds is 6. The summed E-state index contributed by atoms with van der Waals surface area (Å²) < 4.78 is 9.28. The van der Waals surface area contributed by atoms with E-state index in [1.54, 1.807) is 6.92 Å². The van der Waals surface area contributed by atoms with E-state index >= 15 is 0 Å². The largest absolute Gasteiger partial charge is 0.464 e. The van der Waals surface area contributed by atoms with E-state index < -0.39 is 6.10 Å². The molecule has 5 heteroatoms. The zero-order valence-electron chi connectivity index (χ0n) is 6.86. The zero-order valence-corrected chi connectivity index (χ0v) is 7.75. The average Bonchev–Trinajstić information content (AvgIpc) is 2.11. The van der Waals surface area contributed by atoms with Gasteiger partial charge in [-0.3, -0.25) is 9.59 Å². The maximum absolute atomic E-state index is 10.7. The average molecular weight is 192 g/mol. The minimum Gasteiger partial charge on any atom is -0.464 e. The van der Waals surface area contributed by atoms with E-state index in [1.807, 2.05) is 0 Å². The number of carbonyl (C=O) groups is 2. The maximum atomic E-state index is 10.7. The first kappa shape index (κ1) is 11.3. The molecule has 0 spiro atoms. The van der Waals surface area contributed by atoms with Crippen molar-refractivity contribution in [3.63, 3.8) is 0 Å². The van der Waals surface area contributed by atoms with Crippen molar-refractivity contribution < 1.29 is 19.1 Å². The number of hydrogen-bond acceptors (Lipinski definition) is 5. The molecule has 0 aromatic rings. The topological polar surface area (TPSA) is 52.6 Å². The first-order valence-corrected chi connectivity index (χ1v) is 4.23. The summed E-state index contributed by atoms with van der Waals surface area (Å²) in [5, 5.41) is 0. The molecule has 0 aromatic carbocycles. The van der Waals surface area contributed by atoms with E-state index in [-0.39, 0.29) is 12.6 Å². The second-order valence-electron chi connectivity index (χ2n) is 2.08. The number of carbonyl (C=O) groups excluding carboxylic acids is 2. The summed E-state index contributed by atoms with van der Waals surface area (Å²) in [6.45, 7) is 2.08. The number of ether oxygens (including phenoxy) is 2. The highest BCUT2D eigenvalue weighted by Gasteiger charge is 2.11. The van der Waals surface area contributed by atoms with Crippen molar-refractivity contribution in [2.45, 2.75) is 19.4 Å². The van der Waals surface area contributed by atoms with E-state index in [0.717, 1.165) is 0 Å². The van der Waals surface area contributed by atoms with Crippen LogP contribution in [0.2, 0.25) is 0 Å². The van der Waals surface area contributed by atoms with E-state index in [2.05, 4.69) is 17.4 Å². The van der Waals surface area contributed by atoms with Gasteiger partial charge < -0.3 is 9.47 Å². The molecule has 0 saturated carbocycles. The van der Waals surface area contributed by atoms with Gasteiger partial charge in [0.05, 0.1) is 0 Å². The van der Waals surface area contributed by atoms with Crippen LogP contribution in [0.1, 0.15) is 13.3 Å². The molecular formula is C7H12O4S. The Hall–Kier alpha value is -0.710. The molecule has 0 aliphatic rings. The van der Waals surface area contributed by atoms with Gasteiger partial charge in [-0.25, -0.2) is 0 Å². The molecule has 0 rings (SSSR count). The maximum Gasteiger partial charge on any atom is 0.305 e. The van der Waals surface area contributed by atoms with Crippen LogP contribution in [0.15, 0.2) is 0 Å². The second kappa shape index (κ2) is 6.97. The first-order chi connectivity index (χ1) is 5.74. The van der Waals surface area contributed by atoms with Crippen LogP contribution in [0.5, 0.6) is 0 Å². The van der Waals surface area contributed by atoms with Crippen LogP contribution < -0.4 is 0 Å². The van der Waals surface area contributed by atoms with E-state index in [1.165, 1.54) is 0 Å². The third-order valence-corrected chi connectivity index (χ3v) is 1.55. The van der Waals surface area contributed by atoms with Crippen molar-refractivity contribution in [2.75, 3.05) is 12.4 Å².